The number of aromatic nitrogens is 1. The zero-order valence-corrected chi connectivity index (χ0v) is 23.3. The molecule has 1 aromatic heterocycles. The van der Waals surface area contributed by atoms with E-state index in [-0.39, 0.29) is 11.5 Å². The van der Waals surface area contributed by atoms with E-state index in [0.717, 1.165) is 48.2 Å². The number of para-hydroxylation sites is 1. The van der Waals surface area contributed by atoms with Crippen molar-refractivity contribution in [3.63, 3.8) is 0 Å². The van der Waals surface area contributed by atoms with Crippen LogP contribution in [0.15, 0.2) is 66.1 Å². The number of hydrogen-bond acceptors (Lipinski definition) is 8. The summed E-state index contributed by atoms with van der Waals surface area (Å²) in [5, 5.41) is 29.8. The molecule has 0 spiro atoms. The van der Waals surface area contributed by atoms with E-state index in [0.29, 0.717) is 24.7 Å². The number of carbonyl (C=O) groups is 1. The standard InChI is InChI=1S/C31H36N4O5/c1-20-7-5-8-24(26-9-6-10-27(33-26)34-29(39-4)25(16-32)30(36)37)28(20)40-18-21-11-12-23-17-35(19-31(2,3)38)14-13-22(23)15-21/h5-12,15-16,32,38H,13-14,17-19H2,1-4H3,(H,33,34)(H,36,37)/b29-25-,32-16?. The number of carboxylic acid groups (broad SMARTS) is 1. The topological polar surface area (TPSA) is 128 Å². The molecule has 9 nitrogen and oxygen atoms in total. The van der Waals surface area contributed by atoms with Crippen molar-refractivity contribution in [2.45, 2.75) is 45.9 Å². The number of aliphatic hydroxyl groups is 1. The van der Waals surface area contributed by atoms with Crippen LogP contribution in [0.3, 0.4) is 0 Å². The van der Waals surface area contributed by atoms with Crippen molar-refractivity contribution in [3.05, 3.63) is 88.3 Å². The van der Waals surface area contributed by atoms with Gasteiger partial charge in [0.05, 0.1) is 18.4 Å². The van der Waals surface area contributed by atoms with Gasteiger partial charge in [-0.05, 0) is 67.6 Å². The molecule has 0 radical (unpaired) electrons. The number of pyridine rings is 1. The number of fused-ring (bicyclic) bond motifs is 1. The van der Waals surface area contributed by atoms with Crippen LogP contribution in [0.1, 0.15) is 36.1 Å². The van der Waals surface area contributed by atoms with Crippen molar-refractivity contribution in [2.24, 2.45) is 0 Å². The number of nitrogens with zero attached hydrogens (tertiary/aromatic N) is 2. The van der Waals surface area contributed by atoms with E-state index in [2.05, 4.69) is 33.4 Å². The molecule has 2 heterocycles. The Morgan fingerprint density at radius 1 is 1.18 bits per heavy atom. The number of anilines is 1. The van der Waals surface area contributed by atoms with Crippen LogP contribution in [-0.2, 0) is 29.1 Å². The number of benzene rings is 2. The first-order valence-corrected chi connectivity index (χ1v) is 13.1. The number of carboxylic acids is 1. The molecule has 0 saturated heterocycles. The molecule has 4 rings (SSSR count). The summed E-state index contributed by atoms with van der Waals surface area (Å²) in [6.07, 6.45) is 1.65. The number of methoxy groups -OCH3 is 1. The molecule has 0 aliphatic carbocycles. The van der Waals surface area contributed by atoms with Crippen LogP contribution >= 0.6 is 0 Å². The Bertz CT molecular complexity index is 1430. The second-order valence-electron chi connectivity index (χ2n) is 10.5. The zero-order chi connectivity index (χ0) is 28.9. The molecule has 1 aliphatic rings. The normalized spacial score (nSPS) is 14.1. The van der Waals surface area contributed by atoms with Crippen LogP contribution < -0.4 is 10.1 Å². The Balaban J connectivity index is 1.53. The highest BCUT2D eigenvalue weighted by Gasteiger charge is 2.23. The third kappa shape index (κ3) is 7.05. The summed E-state index contributed by atoms with van der Waals surface area (Å²) in [7, 11) is 1.33. The van der Waals surface area contributed by atoms with Crippen molar-refractivity contribution in [3.8, 4) is 17.0 Å². The lowest BCUT2D eigenvalue weighted by Crippen LogP contribution is -2.41. The molecule has 40 heavy (non-hydrogen) atoms. The maximum atomic E-state index is 11.4. The molecular weight excluding hydrogens is 508 g/mol. The third-order valence-electron chi connectivity index (χ3n) is 6.66. The average Bonchev–Trinajstić information content (AvgIpc) is 2.91. The summed E-state index contributed by atoms with van der Waals surface area (Å²) >= 11 is 0. The van der Waals surface area contributed by atoms with Gasteiger partial charge in [-0.1, -0.05) is 36.4 Å². The first-order chi connectivity index (χ1) is 19.1. The van der Waals surface area contributed by atoms with E-state index in [1.54, 1.807) is 12.1 Å². The van der Waals surface area contributed by atoms with E-state index in [1.807, 2.05) is 45.0 Å². The van der Waals surface area contributed by atoms with Crippen LogP contribution in [0, 0.1) is 12.3 Å². The lowest BCUT2D eigenvalue weighted by molar-refractivity contribution is -0.132. The molecule has 0 amide bonds. The average molecular weight is 545 g/mol. The Hall–Kier alpha value is -4.21. The Labute approximate surface area is 234 Å². The summed E-state index contributed by atoms with van der Waals surface area (Å²) in [5.41, 5.74) is 5.05. The van der Waals surface area contributed by atoms with Gasteiger partial charge in [-0.3, -0.25) is 4.90 Å². The molecule has 0 fully saturated rings. The van der Waals surface area contributed by atoms with Gasteiger partial charge in [0.2, 0.25) is 5.88 Å². The van der Waals surface area contributed by atoms with Crippen LogP contribution in [0.5, 0.6) is 5.75 Å². The molecule has 9 heteroatoms. The van der Waals surface area contributed by atoms with Crippen LogP contribution in [0.4, 0.5) is 5.82 Å². The van der Waals surface area contributed by atoms with E-state index in [1.165, 1.54) is 18.2 Å². The van der Waals surface area contributed by atoms with Gasteiger partial charge in [0.25, 0.3) is 0 Å². The number of β-amino-alcohol motifs (C(OH)–C–C–N with tert-alkyl or cyclic N) is 1. The number of hydrogen-bond donors (Lipinski definition) is 4. The smallest absolute Gasteiger partial charge is 0.342 e. The van der Waals surface area contributed by atoms with Crippen molar-refractivity contribution >= 4 is 18.0 Å². The second kappa shape index (κ2) is 12.3. The van der Waals surface area contributed by atoms with Gasteiger partial charge in [-0.15, -0.1) is 0 Å². The van der Waals surface area contributed by atoms with Gasteiger partial charge in [0.1, 0.15) is 23.7 Å². The van der Waals surface area contributed by atoms with E-state index < -0.39 is 11.6 Å². The Morgan fingerprint density at radius 2 is 1.95 bits per heavy atom. The fourth-order valence-electron chi connectivity index (χ4n) is 4.86. The lowest BCUT2D eigenvalue weighted by atomic mass is 9.96. The largest absolute Gasteiger partial charge is 0.488 e. The van der Waals surface area contributed by atoms with E-state index in [4.69, 9.17) is 14.9 Å². The summed E-state index contributed by atoms with van der Waals surface area (Å²) in [5.74, 6) is -0.271. The molecule has 0 atom stereocenters. The molecule has 0 unspecified atom stereocenters. The van der Waals surface area contributed by atoms with Gasteiger partial charge < -0.3 is 30.4 Å². The van der Waals surface area contributed by atoms with E-state index >= 15 is 0 Å². The maximum Gasteiger partial charge on any atom is 0.342 e. The number of rotatable bonds is 11. The minimum atomic E-state index is -1.28. The molecular formula is C31H36N4O5. The minimum absolute atomic E-state index is 0.0801. The molecule has 4 N–H and O–H groups in total. The Kier molecular flexibility index (Phi) is 8.86. The highest BCUT2D eigenvalue weighted by Crippen LogP contribution is 2.33. The van der Waals surface area contributed by atoms with Crippen LogP contribution in [0.2, 0.25) is 0 Å². The SMILES string of the molecule is CO/C(Nc1cccc(-c2cccc(C)c2OCc2ccc3c(c2)CCN(CC(C)(C)O)C3)n1)=C(/C=N)C(=O)O. The van der Waals surface area contributed by atoms with Crippen molar-refractivity contribution in [2.75, 3.05) is 25.5 Å². The number of ether oxygens (including phenoxy) is 2. The predicted molar refractivity (Wildman–Crippen MR) is 155 cm³/mol. The van der Waals surface area contributed by atoms with Crippen molar-refractivity contribution < 1.29 is 24.5 Å². The molecule has 0 saturated carbocycles. The lowest BCUT2D eigenvalue weighted by Gasteiger charge is -2.33. The number of aryl methyl sites for hydroxylation is 1. The van der Waals surface area contributed by atoms with Gasteiger partial charge >= 0.3 is 5.97 Å². The van der Waals surface area contributed by atoms with E-state index in [9.17, 15) is 15.0 Å². The predicted octanol–water partition coefficient (Wildman–Crippen LogP) is 4.77. The second-order valence-corrected chi connectivity index (χ2v) is 10.5. The van der Waals surface area contributed by atoms with Gasteiger partial charge in [0.15, 0.2) is 0 Å². The van der Waals surface area contributed by atoms with Crippen molar-refractivity contribution in [1.82, 2.24) is 9.88 Å². The monoisotopic (exact) mass is 544 g/mol. The Morgan fingerprint density at radius 3 is 2.65 bits per heavy atom. The number of nitrogens with one attached hydrogen (secondary N) is 2. The number of aliphatic carboxylic acids is 1. The summed E-state index contributed by atoms with van der Waals surface area (Å²) in [4.78, 5) is 18.4. The summed E-state index contributed by atoms with van der Waals surface area (Å²) in [6, 6.07) is 17.7. The first-order valence-electron chi connectivity index (χ1n) is 13.1. The summed E-state index contributed by atoms with van der Waals surface area (Å²) in [6.45, 7) is 8.44. The molecule has 3 aromatic rings. The molecule has 0 bridgehead atoms. The minimum Gasteiger partial charge on any atom is -0.488 e. The quantitative estimate of drug-likeness (QED) is 0.154. The molecule has 1 aliphatic heterocycles. The highest BCUT2D eigenvalue weighted by molar-refractivity contribution is 6.08. The fraction of sp³-hybridized carbons (Fsp3) is 0.323. The van der Waals surface area contributed by atoms with Crippen LogP contribution in [-0.4, -0.2) is 58.1 Å². The van der Waals surface area contributed by atoms with Crippen molar-refractivity contribution in [1.29, 1.82) is 5.41 Å². The summed E-state index contributed by atoms with van der Waals surface area (Å²) < 4.78 is 11.5. The molecule has 2 aromatic carbocycles. The van der Waals surface area contributed by atoms with Gasteiger partial charge in [0, 0.05) is 31.4 Å². The molecule has 210 valence electrons. The third-order valence-corrected chi connectivity index (χ3v) is 6.66. The van der Waals surface area contributed by atoms with Gasteiger partial charge in [-0.2, -0.15) is 0 Å². The zero-order valence-electron chi connectivity index (χ0n) is 23.3. The fourth-order valence-corrected chi connectivity index (χ4v) is 4.86. The first kappa shape index (κ1) is 28.8. The van der Waals surface area contributed by atoms with Crippen LogP contribution in [0.25, 0.3) is 11.3 Å². The highest BCUT2D eigenvalue weighted by atomic mass is 16.5. The maximum absolute atomic E-state index is 11.4. The van der Waals surface area contributed by atoms with Gasteiger partial charge in [-0.25, -0.2) is 9.78 Å².